The molecule has 21 heavy (non-hydrogen) atoms. The number of ether oxygens (including phenoxy) is 1. The molecule has 5 nitrogen and oxygen atoms in total. The Labute approximate surface area is 129 Å². The van der Waals surface area contributed by atoms with Gasteiger partial charge in [-0.2, -0.15) is 0 Å². The number of nitrogens with zero attached hydrogens (tertiary/aromatic N) is 1. The average Bonchev–Trinajstić information content (AvgIpc) is 2.47. The molecule has 1 aromatic heterocycles. The third kappa shape index (κ3) is 6.53. The first-order valence-corrected chi connectivity index (χ1v) is 7.60. The molecule has 1 N–H and O–H groups in total. The van der Waals surface area contributed by atoms with Crippen LogP contribution in [0.3, 0.4) is 0 Å². The van der Waals surface area contributed by atoms with Crippen LogP contribution in [-0.4, -0.2) is 22.1 Å². The fraction of sp³-hybridized carbons (Fsp3) is 0.533. The van der Waals surface area contributed by atoms with Crippen LogP contribution in [0, 0.1) is 4.77 Å². The lowest BCUT2D eigenvalue weighted by Gasteiger charge is -2.07. The first kappa shape index (κ1) is 17.4. The van der Waals surface area contributed by atoms with Gasteiger partial charge in [-0.1, -0.05) is 19.9 Å². The summed E-state index contributed by atoms with van der Waals surface area (Å²) in [4.78, 5) is 25.0. The van der Waals surface area contributed by atoms with E-state index in [0.29, 0.717) is 23.4 Å². The SMILES string of the molecule is C=C(CC)C(=O)OCCCCCCn1ccc(=O)[nH]c1=S. The Morgan fingerprint density at radius 2 is 2.10 bits per heavy atom. The smallest absolute Gasteiger partial charge is 0.333 e. The van der Waals surface area contributed by atoms with Crippen LogP contribution in [0.2, 0.25) is 0 Å². The third-order valence-corrected chi connectivity index (χ3v) is 3.48. The first-order chi connectivity index (χ1) is 10.0. The Bertz CT molecular complexity index is 589. The quantitative estimate of drug-likeness (QED) is 0.330. The lowest BCUT2D eigenvalue weighted by atomic mass is 10.2. The number of aryl methyl sites for hydroxylation is 1. The van der Waals surface area contributed by atoms with Crippen LogP contribution in [0.1, 0.15) is 39.0 Å². The van der Waals surface area contributed by atoms with Gasteiger partial charge in [-0.15, -0.1) is 0 Å². The minimum atomic E-state index is -0.294. The first-order valence-electron chi connectivity index (χ1n) is 7.19. The highest BCUT2D eigenvalue weighted by atomic mass is 32.1. The van der Waals surface area contributed by atoms with Gasteiger partial charge in [0, 0.05) is 24.4 Å². The molecule has 1 heterocycles. The van der Waals surface area contributed by atoms with E-state index in [1.54, 1.807) is 6.20 Å². The summed E-state index contributed by atoms with van der Waals surface area (Å²) in [7, 11) is 0. The lowest BCUT2D eigenvalue weighted by Crippen LogP contribution is -2.11. The maximum Gasteiger partial charge on any atom is 0.333 e. The standard InChI is InChI=1S/C15H22N2O3S/c1-3-12(2)14(19)20-11-7-5-4-6-9-17-10-8-13(18)16-15(17)21/h8,10H,2-7,9,11H2,1H3,(H,16,18,21). The maximum atomic E-state index is 11.3. The number of nitrogens with one attached hydrogen (secondary N) is 1. The Kier molecular flexibility index (Phi) is 7.68. The van der Waals surface area contributed by atoms with Gasteiger partial charge in [-0.25, -0.2) is 4.79 Å². The van der Waals surface area contributed by atoms with E-state index < -0.39 is 0 Å². The van der Waals surface area contributed by atoms with Gasteiger partial charge in [0.05, 0.1) is 6.61 Å². The van der Waals surface area contributed by atoms with Crippen molar-refractivity contribution in [3.8, 4) is 0 Å². The number of aromatic nitrogens is 2. The van der Waals surface area contributed by atoms with Crippen molar-refractivity contribution in [3.05, 3.63) is 39.5 Å². The number of unbranched alkanes of at least 4 members (excludes halogenated alkanes) is 3. The number of carbonyl (C=O) groups is 1. The van der Waals surface area contributed by atoms with Crippen molar-refractivity contribution in [3.63, 3.8) is 0 Å². The molecule has 0 saturated carbocycles. The predicted molar refractivity (Wildman–Crippen MR) is 84.7 cm³/mol. The normalized spacial score (nSPS) is 10.3. The van der Waals surface area contributed by atoms with Crippen molar-refractivity contribution in [1.82, 2.24) is 9.55 Å². The highest BCUT2D eigenvalue weighted by Gasteiger charge is 2.04. The second kappa shape index (κ2) is 9.28. The summed E-state index contributed by atoms with van der Waals surface area (Å²) < 4.78 is 7.39. The van der Waals surface area contributed by atoms with Crippen molar-refractivity contribution in [2.75, 3.05) is 6.61 Å². The van der Waals surface area contributed by atoms with Crippen LogP contribution in [0.25, 0.3) is 0 Å². The molecule has 1 rings (SSSR count). The molecule has 0 saturated heterocycles. The van der Waals surface area contributed by atoms with E-state index in [1.165, 1.54) is 6.07 Å². The van der Waals surface area contributed by atoms with E-state index in [4.69, 9.17) is 17.0 Å². The fourth-order valence-electron chi connectivity index (χ4n) is 1.77. The average molecular weight is 310 g/mol. The zero-order chi connectivity index (χ0) is 15.7. The van der Waals surface area contributed by atoms with Crippen molar-refractivity contribution in [2.45, 2.75) is 45.6 Å². The number of aromatic amines is 1. The largest absolute Gasteiger partial charge is 0.462 e. The van der Waals surface area contributed by atoms with Crippen LogP contribution in [0.15, 0.2) is 29.2 Å². The van der Waals surface area contributed by atoms with Crippen molar-refractivity contribution < 1.29 is 9.53 Å². The van der Waals surface area contributed by atoms with Gasteiger partial charge in [0.2, 0.25) is 0 Å². The number of hydrogen-bond acceptors (Lipinski definition) is 4. The lowest BCUT2D eigenvalue weighted by molar-refractivity contribution is -0.139. The molecule has 0 radical (unpaired) electrons. The van der Waals surface area contributed by atoms with E-state index in [0.717, 1.165) is 32.2 Å². The van der Waals surface area contributed by atoms with Crippen molar-refractivity contribution in [1.29, 1.82) is 0 Å². The Hall–Kier alpha value is -1.69. The zero-order valence-corrected chi connectivity index (χ0v) is 13.2. The Morgan fingerprint density at radius 1 is 1.38 bits per heavy atom. The Balaban J connectivity index is 2.12. The van der Waals surface area contributed by atoms with Gasteiger partial charge in [-0.3, -0.25) is 9.78 Å². The molecule has 0 atom stereocenters. The molecular weight excluding hydrogens is 288 g/mol. The summed E-state index contributed by atoms with van der Waals surface area (Å²) in [5, 5.41) is 0. The number of rotatable bonds is 9. The molecule has 0 aliphatic heterocycles. The second-order valence-corrected chi connectivity index (χ2v) is 5.20. The molecule has 0 aromatic carbocycles. The second-order valence-electron chi connectivity index (χ2n) is 4.81. The summed E-state index contributed by atoms with van der Waals surface area (Å²) in [6.07, 6.45) is 6.16. The van der Waals surface area contributed by atoms with E-state index in [-0.39, 0.29) is 11.5 Å². The summed E-state index contributed by atoms with van der Waals surface area (Å²) in [5.41, 5.74) is 0.342. The summed E-state index contributed by atoms with van der Waals surface area (Å²) in [6, 6.07) is 1.47. The summed E-state index contributed by atoms with van der Waals surface area (Å²) >= 11 is 5.07. The minimum Gasteiger partial charge on any atom is -0.462 e. The number of esters is 1. The predicted octanol–water partition coefficient (Wildman–Crippen LogP) is 2.98. The van der Waals surface area contributed by atoms with E-state index in [1.807, 2.05) is 11.5 Å². The molecule has 0 fully saturated rings. The third-order valence-electron chi connectivity index (χ3n) is 3.14. The summed E-state index contributed by atoms with van der Waals surface area (Å²) in [6.45, 7) is 6.74. The zero-order valence-electron chi connectivity index (χ0n) is 12.4. The monoisotopic (exact) mass is 310 g/mol. The van der Waals surface area contributed by atoms with Gasteiger partial charge in [0.15, 0.2) is 4.77 Å². The topological polar surface area (TPSA) is 64.1 Å². The highest BCUT2D eigenvalue weighted by Crippen LogP contribution is 2.05. The molecule has 6 heteroatoms. The minimum absolute atomic E-state index is 0.174. The van der Waals surface area contributed by atoms with Crippen molar-refractivity contribution >= 4 is 18.2 Å². The number of H-pyrrole nitrogens is 1. The maximum absolute atomic E-state index is 11.3. The van der Waals surface area contributed by atoms with Crippen molar-refractivity contribution in [2.24, 2.45) is 0 Å². The van der Waals surface area contributed by atoms with Gasteiger partial charge in [0.1, 0.15) is 0 Å². The molecule has 0 aliphatic carbocycles. The van der Waals surface area contributed by atoms with E-state index in [9.17, 15) is 9.59 Å². The number of hydrogen-bond donors (Lipinski definition) is 1. The van der Waals surface area contributed by atoms with Crippen LogP contribution in [-0.2, 0) is 16.1 Å². The van der Waals surface area contributed by atoms with Crippen LogP contribution < -0.4 is 5.56 Å². The molecule has 0 bridgehead atoms. The van der Waals surface area contributed by atoms with Crippen LogP contribution in [0.5, 0.6) is 0 Å². The fourth-order valence-corrected chi connectivity index (χ4v) is 2.02. The number of carbonyl (C=O) groups excluding carboxylic acids is 1. The molecule has 0 aliphatic rings. The molecule has 1 aromatic rings. The van der Waals surface area contributed by atoms with Crippen LogP contribution in [0.4, 0.5) is 0 Å². The van der Waals surface area contributed by atoms with E-state index in [2.05, 4.69) is 11.6 Å². The van der Waals surface area contributed by atoms with Gasteiger partial charge in [-0.05, 0) is 37.9 Å². The molecule has 0 unspecified atom stereocenters. The summed E-state index contributed by atoms with van der Waals surface area (Å²) in [5.74, 6) is -0.294. The van der Waals surface area contributed by atoms with E-state index >= 15 is 0 Å². The van der Waals surface area contributed by atoms with Gasteiger partial charge in [0.25, 0.3) is 5.56 Å². The van der Waals surface area contributed by atoms with Crippen LogP contribution >= 0.6 is 12.2 Å². The van der Waals surface area contributed by atoms with Gasteiger partial charge >= 0.3 is 5.97 Å². The Morgan fingerprint density at radius 3 is 2.76 bits per heavy atom. The molecule has 0 amide bonds. The molecular formula is C15H22N2O3S. The highest BCUT2D eigenvalue weighted by molar-refractivity contribution is 7.71. The molecule has 116 valence electrons. The van der Waals surface area contributed by atoms with Gasteiger partial charge < -0.3 is 9.30 Å². The molecule has 0 spiro atoms.